The molecular formula is C14H15F2NO3. The highest BCUT2D eigenvalue weighted by molar-refractivity contribution is 5.86. The van der Waals surface area contributed by atoms with E-state index in [2.05, 4.69) is 5.32 Å². The van der Waals surface area contributed by atoms with Crippen LogP contribution in [0.3, 0.4) is 0 Å². The minimum atomic E-state index is -0.947. The van der Waals surface area contributed by atoms with Gasteiger partial charge in [-0.2, -0.15) is 0 Å². The average molecular weight is 283 g/mol. The van der Waals surface area contributed by atoms with Crippen molar-refractivity contribution < 1.29 is 23.5 Å². The molecule has 0 heterocycles. The van der Waals surface area contributed by atoms with Gasteiger partial charge >= 0.3 is 5.97 Å². The maximum atomic E-state index is 13.0. The molecule has 0 aromatic heterocycles. The van der Waals surface area contributed by atoms with Gasteiger partial charge in [0, 0.05) is 6.54 Å². The molecule has 1 aliphatic rings. The molecule has 2 atom stereocenters. The third kappa shape index (κ3) is 3.12. The first-order valence-electron chi connectivity index (χ1n) is 6.43. The van der Waals surface area contributed by atoms with E-state index in [1.807, 2.05) is 0 Å². The van der Waals surface area contributed by atoms with Crippen LogP contribution in [-0.2, 0) is 16.0 Å². The summed E-state index contributed by atoms with van der Waals surface area (Å²) in [7, 11) is 0. The molecule has 1 aromatic rings. The second kappa shape index (κ2) is 5.98. The summed E-state index contributed by atoms with van der Waals surface area (Å²) in [4.78, 5) is 22.5. The zero-order valence-corrected chi connectivity index (χ0v) is 10.7. The summed E-state index contributed by atoms with van der Waals surface area (Å²) in [5.74, 6) is -4.13. The molecule has 1 amide bonds. The van der Waals surface area contributed by atoms with Gasteiger partial charge in [0.15, 0.2) is 11.6 Å². The number of rotatable bonds is 5. The maximum Gasteiger partial charge on any atom is 0.307 e. The van der Waals surface area contributed by atoms with E-state index in [1.165, 1.54) is 6.07 Å². The lowest BCUT2D eigenvalue weighted by Crippen LogP contribution is -2.44. The number of hydrogen-bond donors (Lipinski definition) is 2. The standard InChI is InChI=1S/C14H15F2NO3/c15-11-4-1-8(7-12(11)16)5-6-17-13(18)9-2-3-10(9)14(19)20/h1,4,7,9-10H,2-3,5-6H2,(H,17,18)(H,19,20). The van der Waals surface area contributed by atoms with Gasteiger partial charge in [-0.3, -0.25) is 9.59 Å². The number of carboxylic acids is 1. The summed E-state index contributed by atoms with van der Waals surface area (Å²) < 4.78 is 25.7. The SMILES string of the molecule is O=C(O)C1CCC1C(=O)NCCc1ccc(F)c(F)c1. The minimum absolute atomic E-state index is 0.271. The molecule has 0 bridgehead atoms. The van der Waals surface area contributed by atoms with Crippen LogP contribution in [0.5, 0.6) is 0 Å². The predicted octanol–water partition coefficient (Wildman–Crippen LogP) is 1.73. The lowest BCUT2D eigenvalue weighted by molar-refractivity contribution is -0.152. The molecule has 2 unspecified atom stereocenters. The average Bonchev–Trinajstić information content (AvgIpc) is 2.31. The second-order valence-corrected chi connectivity index (χ2v) is 4.92. The van der Waals surface area contributed by atoms with Crippen LogP contribution >= 0.6 is 0 Å². The molecule has 0 radical (unpaired) electrons. The van der Waals surface area contributed by atoms with Gasteiger partial charge in [0.2, 0.25) is 5.91 Å². The van der Waals surface area contributed by atoms with Crippen LogP contribution in [0.4, 0.5) is 8.78 Å². The van der Waals surface area contributed by atoms with E-state index >= 15 is 0 Å². The normalized spacial score (nSPS) is 21.1. The molecule has 108 valence electrons. The smallest absolute Gasteiger partial charge is 0.307 e. The van der Waals surface area contributed by atoms with E-state index in [0.29, 0.717) is 24.8 Å². The summed E-state index contributed by atoms with van der Waals surface area (Å²) >= 11 is 0. The van der Waals surface area contributed by atoms with E-state index in [1.54, 1.807) is 0 Å². The number of halogens is 2. The van der Waals surface area contributed by atoms with Crippen molar-refractivity contribution in [1.29, 1.82) is 0 Å². The first-order chi connectivity index (χ1) is 9.49. The summed E-state index contributed by atoms with van der Waals surface area (Å²) in [6.45, 7) is 0.271. The molecule has 2 rings (SSSR count). The van der Waals surface area contributed by atoms with E-state index in [9.17, 15) is 18.4 Å². The van der Waals surface area contributed by atoms with Crippen molar-refractivity contribution in [2.75, 3.05) is 6.54 Å². The molecule has 2 N–H and O–H groups in total. The van der Waals surface area contributed by atoms with Crippen molar-refractivity contribution in [2.45, 2.75) is 19.3 Å². The summed E-state index contributed by atoms with van der Waals surface area (Å²) in [5, 5.41) is 11.5. The predicted molar refractivity (Wildman–Crippen MR) is 66.9 cm³/mol. The van der Waals surface area contributed by atoms with Crippen LogP contribution in [0.2, 0.25) is 0 Å². The Kier molecular flexibility index (Phi) is 4.32. The van der Waals surface area contributed by atoms with Crippen molar-refractivity contribution in [1.82, 2.24) is 5.32 Å². The number of carbonyl (C=O) groups excluding carboxylic acids is 1. The van der Waals surface area contributed by atoms with Crippen molar-refractivity contribution >= 4 is 11.9 Å². The zero-order chi connectivity index (χ0) is 14.7. The number of nitrogens with one attached hydrogen (secondary N) is 1. The lowest BCUT2D eigenvalue weighted by atomic mass is 9.73. The number of carbonyl (C=O) groups is 2. The fourth-order valence-corrected chi connectivity index (χ4v) is 2.27. The van der Waals surface area contributed by atoms with Crippen LogP contribution in [-0.4, -0.2) is 23.5 Å². The highest BCUT2D eigenvalue weighted by Gasteiger charge is 2.41. The second-order valence-electron chi connectivity index (χ2n) is 4.92. The van der Waals surface area contributed by atoms with Crippen LogP contribution < -0.4 is 5.32 Å². The molecule has 0 spiro atoms. The van der Waals surface area contributed by atoms with E-state index in [-0.39, 0.29) is 12.5 Å². The monoisotopic (exact) mass is 283 g/mol. The Balaban J connectivity index is 1.79. The first-order valence-corrected chi connectivity index (χ1v) is 6.43. The third-order valence-corrected chi connectivity index (χ3v) is 3.63. The number of benzene rings is 1. The summed E-state index contributed by atoms with van der Waals surface area (Å²) in [6.07, 6.45) is 1.47. The Morgan fingerprint density at radius 2 is 1.90 bits per heavy atom. The molecule has 20 heavy (non-hydrogen) atoms. The molecular weight excluding hydrogens is 268 g/mol. The quantitative estimate of drug-likeness (QED) is 0.865. The molecule has 0 aliphatic heterocycles. The minimum Gasteiger partial charge on any atom is -0.481 e. The van der Waals surface area contributed by atoms with Crippen LogP contribution in [0, 0.1) is 23.5 Å². The summed E-state index contributed by atoms with van der Waals surface area (Å²) in [5.41, 5.74) is 0.576. The van der Waals surface area contributed by atoms with Gasteiger partial charge in [0.05, 0.1) is 11.8 Å². The van der Waals surface area contributed by atoms with E-state index in [0.717, 1.165) is 12.1 Å². The van der Waals surface area contributed by atoms with Gasteiger partial charge in [0.1, 0.15) is 0 Å². The topological polar surface area (TPSA) is 66.4 Å². The number of amides is 1. The maximum absolute atomic E-state index is 13.0. The van der Waals surface area contributed by atoms with Gasteiger partial charge < -0.3 is 10.4 Å². The number of hydrogen-bond acceptors (Lipinski definition) is 2. The Morgan fingerprint density at radius 3 is 2.45 bits per heavy atom. The Hall–Kier alpha value is -1.98. The van der Waals surface area contributed by atoms with Crippen LogP contribution in [0.1, 0.15) is 18.4 Å². The van der Waals surface area contributed by atoms with E-state index in [4.69, 9.17) is 5.11 Å². The first kappa shape index (κ1) is 14.4. The van der Waals surface area contributed by atoms with E-state index < -0.39 is 29.4 Å². The van der Waals surface area contributed by atoms with Crippen molar-refractivity contribution in [3.05, 3.63) is 35.4 Å². The molecule has 1 aliphatic carbocycles. The molecule has 1 aromatic carbocycles. The Morgan fingerprint density at radius 1 is 1.20 bits per heavy atom. The zero-order valence-electron chi connectivity index (χ0n) is 10.7. The summed E-state index contributed by atoms with van der Waals surface area (Å²) in [6, 6.07) is 3.58. The third-order valence-electron chi connectivity index (χ3n) is 3.63. The highest BCUT2D eigenvalue weighted by Crippen LogP contribution is 2.34. The van der Waals surface area contributed by atoms with Crippen LogP contribution in [0.15, 0.2) is 18.2 Å². The van der Waals surface area contributed by atoms with Crippen molar-refractivity contribution in [2.24, 2.45) is 11.8 Å². The van der Waals surface area contributed by atoms with Crippen molar-refractivity contribution in [3.8, 4) is 0 Å². The van der Waals surface area contributed by atoms with Gasteiger partial charge in [-0.25, -0.2) is 8.78 Å². The van der Waals surface area contributed by atoms with Gasteiger partial charge in [-0.15, -0.1) is 0 Å². The molecule has 1 saturated carbocycles. The molecule has 1 fully saturated rings. The van der Waals surface area contributed by atoms with Gasteiger partial charge in [-0.05, 0) is 37.0 Å². The number of aliphatic carboxylic acids is 1. The molecule has 4 nitrogen and oxygen atoms in total. The Labute approximate surface area is 114 Å². The van der Waals surface area contributed by atoms with Gasteiger partial charge in [-0.1, -0.05) is 6.07 Å². The number of carboxylic acid groups (broad SMARTS) is 1. The highest BCUT2D eigenvalue weighted by atomic mass is 19.2. The molecule has 6 heteroatoms. The van der Waals surface area contributed by atoms with Crippen molar-refractivity contribution in [3.63, 3.8) is 0 Å². The largest absolute Gasteiger partial charge is 0.481 e. The Bertz CT molecular complexity index is 533. The fraction of sp³-hybridized carbons (Fsp3) is 0.429. The fourth-order valence-electron chi connectivity index (χ4n) is 2.27. The lowest BCUT2D eigenvalue weighted by Gasteiger charge is -2.31. The molecule has 0 saturated heterocycles. The van der Waals surface area contributed by atoms with Gasteiger partial charge in [0.25, 0.3) is 0 Å². The van der Waals surface area contributed by atoms with Crippen LogP contribution in [0.25, 0.3) is 0 Å².